The lowest BCUT2D eigenvalue weighted by Crippen LogP contribution is -2.33. The number of rotatable bonds is 4. The lowest BCUT2D eigenvalue weighted by atomic mass is 10.2. The number of imidazole rings is 1. The Hall–Kier alpha value is -0.870. The van der Waals surface area contributed by atoms with E-state index >= 15 is 0 Å². The fraction of sp³-hybridized carbons (Fsp3) is 0.750. The largest absolute Gasteiger partial charge is 0.348 e. The average molecular weight is 220 g/mol. The second-order valence-corrected chi connectivity index (χ2v) is 5.07. The van der Waals surface area contributed by atoms with Gasteiger partial charge in [0.1, 0.15) is 0 Å². The van der Waals surface area contributed by atoms with Crippen molar-refractivity contribution in [3.05, 3.63) is 17.7 Å². The van der Waals surface area contributed by atoms with Gasteiger partial charge in [0.25, 0.3) is 0 Å². The summed E-state index contributed by atoms with van der Waals surface area (Å²) in [6.07, 6.45) is 5.91. The minimum atomic E-state index is 0.664. The monoisotopic (exact) mass is 220 g/mol. The van der Waals surface area contributed by atoms with E-state index in [1.54, 1.807) is 6.33 Å². The second-order valence-electron chi connectivity index (χ2n) is 5.07. The van der Waals surface area contributed by atoms with E-state index in [2.05, 4.69) is 27.1 Å². The zero-order valence-electron chi connectivity index (χ0n) is 9.87. The molecule has 1 saturated heterocycles. The molecule has 1 aliphatic carbocycles. The van der Waals surface area contributed by atoms with E-state index in [1.165, 1.54) is 38.0 Å². The van der Waals surface area contributed by atoms with Crippen LogP contribution in [0.4, 0.5) is 0 Å². The molecule has 1 atom stereocenters. The van der Waals surface area contributed by atoms with Crippen molar-refractivity contribution in [2.75, 3.05) is 13.1 Å². The number of hydrogen-bond donors (Lipinski definition) is 2. The van der Waals surface area contributed by atoms with Crippen molar-refractivity contribution >= 4 is 0 Å². The first kappa shape index (κ1) is 10.3. The zero-order valence-corrected chi connectivity index (χ0v) is 9.87. The van der Waals surface area contributed by atoms with E-state index in [0.717, 1.165) is 18.3 Å². The van der Waals surface area contributed by atoms with Gasteiger partial charge in [0.15, 0.2) is 0 Å². The third kappa shape index (κ3) is 2.13. The molecule has 0 aromatic carbocycles. The fourth-order valence-electron chi connectivity index (χ4n) is 2.53. The SMILES string of the molecule is Cc1[nH]cnc1CNC1CCN(C2CC2)C1. The Kier molecular flexibility index (Phi) is 2.69. The second kappa shape index (κ2) is 4.18. The summed E-state index contributed by atoms with van der Waals surface area (Å²) in [5.41, 5.74) is 2.34. The van der Waals surface area contributed by atoms with Gasteiger partial charge in [-0.15, -0.1) is 0 Å². The van der Waals surface area contributed by atoms with Crippen LogP contribution in [0.2, 0.25) is 0 Å². The topological polar surface area (TPSA) is 44.0 Å². The molecule has 0 spiro atoms. The minimum absolute atomic E-state index is 0.664. The molecule has 1 aromatic heterocycles. The summed E-state index contributed by atoms with van der Waals surface area (Å²) in [4.78, 5) is 10.1. The minimum Gasteiger partial charge on any atom is -0.348 e. The van der Waals surface area contributed by atoms with Gasteiger partial charge < -0.3 is 10.3 Å². The van der Waals surface area contributed by atoms with Crippen molar-refractivity contribution < 1.29 is 0 Å². The van der Waals surface area contributed by atoms with Crippen LogP contribution in [0.25, 0.3) is 0 Å². The Labute approximate surface area is 96.4 Å². The van der Waals surface area contributed by atoms with Crippen LogP contribution in [0.1, 0.15) is 30.7 Å². The zero-order chi connectivity index (χ0) is 11.0. The summed E-state index contributed by atoms with van der Waals surface area (Å²) in [5, 5.41) is 3.61. The van der Waals surface area contributed by atoms with Gasteiger partial charge in [-0.1, -0.05) is 0 Å². The number of hydrogen-bond acceptors (Lipinski definition) is 3. The predicted octanol–water partition coefficient (Wildman–Crippen LogP) is 1.04. The van der Waals surface area contributed by atoms with Crippen molar-refractivity contribution in [1.82, 2.24) is 20.2 Å². The summed E-state index contributed by atoms with van der Waals surface area (Å²) in [7, 11) is 0. The Morgan fingerprint density at radius 2 is 2.38 bits per heavy atom. The van der Waals surface area contributed by atoms with E-state index in [4.69, 9.17) is 0 Å². The highest BCUT2D eigenvalue weighted by Crippen LogP contribution is 2.29. The van der Waals surface area contributed by atoms with Gasteiger partial charge in [-0.2, -0.15) is 0 Å². The van der Waals surface area contributed by atoms with Crippen LogP contribution in [0.15, 0.2) is 6.33 Å². The molecule has 0 radical (unpaired) electrons. The van der Waals surface area contributed by atoms with Crippen molar-refractivity contribution in [2.45, 2.75) is 44.8 Å². The molecule has 4 nitrogen and oxygen atoms in total. The molecule has 4 heteroatoms. The first-order valence-electron chi connectivity index (χ1n) is 6.29. The van der Waals surface area contributed by atoms with E-state index in [0.29, 0.717) is 6.04 Å². The molecule has 2 heterocycles. The van der Waals surface area contributed by atoms with Crippen LogP contribution in [-0.2, 0) is 6.54 Å². The van der Waals surface area contributed by atoms with Crippen LogP contribution < -0.4 is 5.32 Å². The highest BCUT2D eigenvalue weighted by atomic mass is 15.2. The molecule has 1 aliphatic heterocycles. The molecule has 1 unspecified atom stereocenters. The van der Waals surface area contributed by atoms with Crippen molar-refractivity contribution in [3.8, 4) is 0 Å². The van der Waals surface area contributed by atoms with Crippen LogP contribution >= 0.6 is 0 Å². The average Bonchev–Trinajstić information content (AvgIpc) is 2.89. The van der Waals surface area contributed by atoms with Gasteiger partial charge in [-0.25, -0.2) is 4.98 Å². The molecule has 1 aromatic rings. The predicted molar refractivity (Wildman–Crippen MR) is 63.2 cm³/mol. The van der Waals surface area contributed by atoms with Gasteiger partial charge >= 0.3 is 0 Å². The van der Waals surface area contributed by atoms with Gasteiger partial charge in [0.05, 0.1) is 12.0 Å². The normalized spacial score (nSPS) is 26.4. The number of aryl methyl sites for hydroxylation is 1. The number of nitrogens with one attached hydrogen (secondary N) is 2. The van der Waals surface area contributed by atoms with Crippen molar-refractivity contribution in [3.63, 3.8) is 0 Å². The van der Waals surface area contributed by atoms with E-state index in [-0.39, 0.29) is 0 Å². The maximum atomic E-state index is 4.31. The maximum Gasteiger partial charge on any atom is 0.0925 e. The molecule has 88 valence electrons. The number of aromatic amines is 1. The molecule has 0 bridgehead atoms. The number of likely N-dealkylation sites (tertiary alicyclic amines) is 1. The molecular formula is C12H20N4. The first-order valence-corrected chi connectivity index (χ1v) is 6.29. The van der Waals surface area contributed by atoms with Crippen LogP contribution in [0, 0.1) is 6.92 Å². The highest BCUT2D eigenvalue weighted by molar-refractivity contribution is 5.08. The van der Waals surface area contributed by atoms with Gasteiger partial charge in [-0.3, -0.25) is 4.90 Å². The molecule has 16 heavy (non-hydrogen) atoms. The molecule has 1 saturated carbocycles. The van der Waals surface area contributed by atoms with E-state index < -0.39 is 0 Å². The number of nitrogens with zero attached hydrogens (tertiary/aromatic N) is 2. The summed E-state index contributed by atoms with van der Waals surface area (Å²) in [6, 6.07) is 1.58. The highest BCUT2D eigenvalue weighted by Gasteiger charge is 2.34. The van der Waals surface area contributed by atoms with Crippen molar-refractivity contribution in [1.29, 1.82) is 0 Å². The smallest absolute Gasteiger partial charge is 0.0925 e. The Morgan fingerprint density at radius 1 is 1.50 bits per heavy atom. The Morgan fingerprint density at radius 3 is 3.06 bits per heavy atom. The third-order valence-corrected chi connectivity index (χ3v) is 3.78. The third-order valence-electron chi connectivity index (χ3n) is 3.78. The van der Waals surface area contributed by atoms with Crippen LogP contribution in [0.3, 0.4) is 0 Å². The summed E-state index contributed by atoms with van der Waals surface area (Å²) < 4.78 is 0. The summed E-state index contributed by atoms with van der Waals surface area (Å²) >= 11 is 0. The van der Waals surface area contributed by atoms with Gasteiger partial charge in [0.2, 0.25) is 0 Å². The molecular weight excluding hydrogens is 200 g/mol. The molecule has 3 rings (SSSR count). The van der Waals surface area contributed by atoms with Crippen LogP contribution in [0.5, 0.6) is 0 Å². The fourth-order valence-corrected chi connectivity index (χ4v) is 2.53. The van der Waals surface area contributed by atoms with Crippen molar-refractivity contribution in [2.24, 2.45) is 0 Å². The molecule has 0 amide bonds. The molecule has 2 aliphatic rings. The Bertz CT molecular complexity index is 356. The molecule has 2 fully saturated rings. The number of aromatic nitrogens is 2. The summed E-state index contributed by atoms with van der Waals surface area (Å²) in [5.74, 6) is 0. The van der Waals surface area contributed by atoms with Crippen LogP contribution in [-0.4, -0.2) is 40.0 Å². The first-order chi connectivity index (χ1) is 7.83. The van der Waals surface area contributed by atoms with E-state index in [1.807, 2.05) is 0 Å². The lowest BCUT2D eigenvalue weighted by molar-refractivity contribution is 0.317. The van der Waals surface area contributed by atoms with Gasteiger partial charge in [0, 0.05) is 37.4 Å². The molecule has 2 N–H and O–H groups in total. The van der Waals surface area contributed by atoms with Gasteiger partial charge in [-0.05, 0) is 26.2 Å². The number of H-pyrrole nitrogens is 1. The van der Waals surface area contributed by atoms with E-state index in [9.17, 15) is 0 Å². The summed E-state index contributed by atoms with van der Waals surface area (Å²) in [6.45, 7) is 5.49. The lowest BCUT2D eigenvalue weighted by Gasteiger charge is -2.15. The quantitative estimate of drug-likeness (QED) is 0.797. The standard InChI is InChI=1S/C12H20N4/c1-9-12(15-8-14-9)6-13-10-4-5-16(7-10)11-2-3-11/h8,10-11,13H,2-7H2,1H3,(H,14,15). The maximum absolute atomic E-state index is 4.31. The Balaban J connectivity index is 1.47.